The minimum atomic E-state index is -3.01. The van der Waals surface area contributed by atoms with Crippen molar-refractivity contribution in [1.82, 2.24) is 10.6 Å². The Bertz CT molecular complexity index is 298. The summed E-state index contributed by atoms with van der Waals surface area (Å²) in [7, 11) is 0. The van der Waals surface area contributed by atoms with E-state index in [-0.39, 0.29) is 11.9 Å². The fourth-order valence-electron chi connectivity index (χ4n) is 2.93. The predicted molar refractivity (Wildman–Crippen MR) is 64.3 cm³/mol. The Morgan fingerprint density at radius 3 is 2.78 bits per heavy atom. The van der Waals surface area contributed by atoms with Gasteiger partial charge in [-0.2, -0.15) is 0 Å². The van der Waals surface area contributed by atoms with Crippen LogP contribution >= 0.6 is 0 Å². The van der Waals surface area contributed by atoms with Gasteiger partial charge in [0.2, 0.25) is 5.91 Å². The van der Waals surface area contributed by atoms with Crippen LogP contribution in [-0.2, 0) is 4.79 Å². The number of rotatable bonds is 4. The van der Waals surface area contributed by atoms with Crippen LogP contribution in [0.5, 0.6) is 0 Å². The average Bonchev–Trinajstić information content (AvgIpc) is 2.80. The normalized spacial score (nSPS) is 32.1. The minimum absolute atomic E-state index is 0.313. The van der Waals surface area contributed by atoms with Gasteiger partial charge in [0.15, 0.2) is 0 Å². The number of halogens is 2. The number of nitrogens with two attached hydrogens (primary N) is 1. The first-order chi connectivity index (χ1) is 8.52. The lowest BCUT2D eigenvalue weighted by Gasteiger charge is -2.24. The maximum Gasteiger partial charge on any atom is 0.277 e. The fourth-order valence-corrected chi connectivity index (χ4v) is 2.93. The fraction of sp³-hybridized carbons (Fsp3) is 0.917. The Labute approximate surface area is 106 Å². The number of hydrogen-bond acceptors (Lipinski definition) is 3. The molecule has 0 aromatic rings. The van der Waals surface area contributed by atoms with Gasteiger partial charge in [-0.15, -0.1) is 0 Å². The van der Waals surface area contributed by atoms with E-state index in [0.29, 0.717) is 12.0 Å². The van der Waals surface area contributed by atoms with E-state index >= 15 is 0 Å². The Morgan fingerprint density at radius 2 is 2.11 bits per heavy atom. The minimum Gasteiger partial charge on any atom is -0.349 e. The van der Waals surface area contributed by atoms with Crippen LogP contribution in [0.15, 0.2) is 0 Å². The predicted octanol–water partition coefficient (Wildman–Crippen LogP) is 0.617. The summed E-state index contributed by atoms with van der Waals surface area (Å²) >= 11 is 0. The van der Waals surface area contributed by atoms with E-state index < -0.39 is 19.0 Å². The molecule has 1 amide bonds. The van der Waals surface area contributed by atoms with E-state index in [4.69, 9.17) is 5.73 Å². The monoisotopic (exact) mass is 261 g/mol. The SMILES string of the molecule is NCC(F)(F)CNC(=O)C1CC2CCCCC2N1. The van der Waals surface area contributed by atoms with Gasteiger partial charge >= 0.3 is 0 Å². The molecule has 4 nitrogen and oxygen atoms in total. The molecule has 1 aliphatic heterocycles. The molecule has 6 heteroatoms. The number of amides is 1. The summed E-state index contributed by atoms with van der Waals surface area (Å²) in [5.41, 5.74) is 4.92. The number of alkyl halides is 2. The second-order valence-corrected chi connectivity index (χ2v) is 5.38. The van der Waals surface area contributed by atoms with Gasteiger partial charge in [0.05, 0.1) is 19.1 Å². The Hall–Kier alpha value is -0.750. The molecule has 1 aliphatic carbocycles. The van der Waals surface area contributed by atoms with Gasteiger partial charge < -0.3 is 16.4 Å². The maximum absolute atomic E-state index is 12.9. The number of hydrogen-bond donors (Lipinski definition) is 3. The molecule has 0 aromatic heterocycles. The molecule has 1 heterocycles. The van der Waals surface area contributed by atoms with Crippen LogP contribution in [0.2, 0.25) is 0 Å². The molecular formula is C12H21F2N3O. The highest BCUT2D eigenvalue weighted by atomic mass is 19.3. The van der Waals surface area contributed by atoms with Crippen molar-refractivity contribution >= 4 is 5.91 Å². The summed E-state index contributed by atoms with van der Waals surface area (Å²) in [6.07, 6.45) is 5.40. The van der Waals surface area contributed by atoms with Gasteiger partial charge in [-0.1, -0.05) is 12.8 Å². The first-order valence-electron chi connectivity index (χ1n) is 6.63. The average molecular weight is 261 g/mol. The molecule has 2 aliphatic rings. The van der Waals surface area contributed by atoms with Crippen molar-refractivity contribution in [3.8, 4) is 0 Å². The molecule has 4 N–H and O–H groups in total. The number of fused-ring (bicyclic) bond motifs is 1. The van der Waals surface area contributed by atoms with Crippen molar-refractivity contribution in [3.05, 3.63) is 0 Å². The summed E-state index contributed by atoms with van der Waals surface area (Å²) in [6, 6.07) is 0.0798. The van der Waals surface area contributed by atoms with E-state index in [9.17, 15) is 13.6 Å². The first-order valence-corrected chi connectivity index (χ1v) is 6.63. The van der Waals surface area contributed by atoms with Crippen molar-refractivity contribution < 1.29 is 13.6 Å². The zero-order valence-corrected chi connectivity index (χ0v) is 10.4. The van der Waals surface area contributed by atoms with Crippen LogP contribution in [0.1, 0.15) is 32.1 Å². The topological polar surface area (TPSA) is 67.1 Å². The van der Waals surface area contributed by atoms with Crippen molar-refractivity contribution in [2.75, 3.05) is 13.1 Å². The maximum atomic E-state index is 12.9. The van der Waals surface area contributed by atoms with Crippen molar-refractivity contribution in [1.29, 1.82) is 0 Å². The highest BCUT2D eigenvalue weighted by Gasteiger charge is 2.38. The van der Waals surface area contributed by atoms with Gasteiger partial charge in [-0.3, -0.25) is 4.79 Å². The molecule has 0 bridgehead atoms. The second kappa shape index (κ2) is 5.48. The summed E-state index contributed by atoms with van der Waals surface area (Å²) in [5.74, 6) is -2.80. The van der Waals surface area contributed by atoms with Crippen molar-refractivity contribution in [2.24, 2.45) is 11.7 Å². The van der Waals surface area contributed by atoms with Crippen LogP contribution in [0, 0.1) is 5.92 Å². The van der Waals surface area contributed by atoms with Gasteiger partial charge in [0.25, 0.3) is 5.92 Å². The van der Waals surface area contributed by atoms with E-state index in [1.807, 2.05) is 0 Å². The molecule has 2 fully saturated rings. The molecule has 104 valence electrons. The molecule has 18 heavy (non-hydrogen) atoms. The van der Waals surface area contributed by atoms with Crippen molar-refractivity contribution in [3.63, 3.8) is 0 Å². The Morgan fingerprint density at radius 1 is 1.39 bits per heavy atom. The molecule has 2 rings (SSSR count). The quantitative estimate of drug-likeness (QED) is 0.695. The van der Waals surface area contributed by atoms with Crippen LogP contribution in [0.25, 0.3) is 0 Å². The van der Waals surface area contributed by atoms with Crippen molar-refractivity contribution in [2.45, 2.75) is 50.1 Å². The molecule has 0 radical (unpaired) electrons. The van der Waals surface area contributed by atoms with Gasteiger partial charge in [-0.25, -0.2) is 8.78 Å². The zero-order valence-electron chi connectivity index (χ0n) is 10.4. The van der Waals surface area contributed by atoms with Gasteiger partial charge in [0.1, 0.15) is 0 Å². The van der Waals surface area contributed by atoms with E-state index in [1.54, 1.807) is 0 Å². The van der Waals surface area contributed by atoms with Gasteiger partial charge in [-0.05, 0) is 25.2 Å². The highest BCUT2D eigenvalue weighted by Crippen LogP contribution is 2.33. The molecule has 3 atom stereocenters. The molecule has 0 spiro atoms. The van der Waals surface area contributed by atoms with Crippen LogP contribution in [-0.4, -0.2) is 37.0 Å². The summed E-state index contributed by atoms with van der Waals surface area (Å²) in [5, 5.41) is 5.55. The highest BCUT2D eigenvalue weighted by molar-refractivity contribution is 5.82. The second-order valence-electron chi connectivity index (χ2n) is 5.38. The Balaban J connectivity index is 1.80. The number of carbonyl (C=O) groups is 1. The lowest BCUT2D eigenvalue weighted by Crippen LogP contribution is -2.48. The summed E-state index contributed by atoms with van der Waals surface area (Å²) in [6.45, 7) is -1.41. The number of nitrogens with one attached hydrogen (secondary N) is 2. The molecular weight excluding hydrogens is 240 g/mol. The lowest BCUT2D eigenvalue weighted by atomic mass is 9.85. The zero-order chi connectivity index (χ0) is 13.2. The van der Waals surface area contributed by atoms with E-state index in [2.05, 4.69) is 10.6 Å². The molecule has 1 saturated carbocycles. The third-order valence-electron chi connectivity index (χ3n) is 4.00. The summed E-state index contributed by atoms with van der Waals surface area (Å²) < 4.78 is 25.9. The Kier molecular flexibility index (Phi) is 4.17. The van der Waals surface area contributed by atoms with E-state index in [0.717, 1.165) is 19.3 Å². The number of carbonyl (C=O) groups excluding carboxylic acids is 1. The molecule has 0 aromatic carbocycles. The van der Waals surface area contributed by atoms with Gasteiger partial charge in [0, 0.05) is 6.04 Å². The van der Waals surface area contributed by atoms with E-state index in [1.165, 1.54) is 12.8 Å². The molecule has 3 unspecified atom stereocenters. The third-order valence-corrected chi connectivity index (χ3v) is 4.00. The first kappa shape index (κ1) is 13.7. The largest absolute Gasteiger partial charge is 0.349 e. The van der Waals surface area contributed by atoms with Crippen LogP contribution in [0.3, 0.4) is 0 Å². The summed E-state index contributed by atoms with van der Waals surface area (Å²) in [4.78, 5) is 11.8. The van der Waals surface area contributed by atoms with Crippen LogP contribution in [0.4, 0.5) is 8.78 Å². The molecule has 1 saturated heterocycles. The van der Waals surface area contributed by atoms with Crippen LogP contribution < -0.4 is 16.4 Å². The standard InChI is InChI=1S/C12H21F2N3O/c13-12(14,6-15)7-16-11(18)10-5-8-3-1-2-4-9(8)17-10/h8-10,17H,1-7,15H2,(H,16,18). The lowest BCUT2D eigenvalue weighted by molar-refractivity contribution is -0.124. The smallest absolute Gasteiger partial charge is 0.277 e. The third kappa shape index (κ3) is 3.17.